The highest BCUT2D eigenvalue weighted by atomic mass is 16.5. The molecule has 3 heteroatoms. The summed E-state index contributed by atoms with van der Waals surface area (Å²) in [5, 5.41) is 1.14. The van der Waals surface area contributed by atoms with Gasteiger partial charge >= 0.3 is 0 Å². The van der Waals surface area contributed by atoms with Crippen molar-refractivity contribution in [2.45, 2.75) is 6.42 Å². The molecule has 1 aromatic rings. The largest absolute Gasteiger partial charge is 0.499 e. The predicted molar refractivity (Wildman–Crippen MR) is 45.7 cm³/mol. The van der Waals surface area contributed by atoms with E-state index in [2.05, 4.69) is 16.1 Å². The van der Waals surface area contributed by atoms with Crippen LogP contribution in [0, 0.1) is 0 Å². The number of rotatable bonds is 1. The second kappa shape index (κ2) is 2.85. The van der Waals surface area contributed by atoms with Crippen molar-refractivity contribution in [1.29, 1.82) is 0 Å². The highest BCUT2D eigenvalue weighted by Gasteiger charge is 1.97. The Morgan fingerprint density at radius 3 is 3.33 bits per heavy atom. The molecule has 1 aromatic heterocycles. The molecule has 0 saturated carbocycles. The van der Waals surface area contributed by atoms with Crippen LogP contribution >= 0.6 is 0 Å². The quantitative estimate of drug-likeness (QED) is 0.634. The molecule has 0 saturated heterocycles. The molecule has 0 bridgehead atoms. The van der Waals surface area contributed by atoms with Crippen molar-refractivity contribution in [3.05, 3.63) is 34.9 Å². The monoisotopic (exact) mass is 162 g/mol. The predicted octanol–water partition coefficient (Wildman–Crippen LogP) is 0.306. The molecular formula is C9H10N2O. The van der Waals surface area contributed by atoms with Crippen LogP contribution in [0.4, 0.5) is 0 Å². The van der Waals surface area contributed by atoms with Gasteiger partial charge in [0.2, 0.25) is 0 Å². The smallest absolute Gasteiger partial charge is 0.137 e. The summed E-state index contributed by atoms with van der Waals surface area (Å²) in [7, 11) is 1.66. The number of aromatic amines is 1. The van der Waals surface area contributed by atoms with Gasteiger partial charge in [0.1, 0.15) is 11.2 Å². The summed E-state index contributed by atoms with van der Waals surface area (Å²) in [6.07, 6.45) is 6.54. The van der Waals surface area contributed by atoms with Crippen LogP contribution in [-0.4, -0.2) is 12.1 Å². The summed E-state index contributed by atoms with van der Waals surface area (Å²) in [5.74, 6) is 0.889. The third-order valence-corrected chi connectivity index (χ3v) is 1.88. The molecule has 62 valence electrons. The number of hydrogen-bond acceptors (Lipinski definition) is 2. The number of fused-ring (bicyclic) bond motifs is 1. The van der Waals surface area contributed by atoms with E-state index in [1.165, 1.54) is 0 Å². The fraction of sp³-hybridized carbons (Fsp3) is 0.222. The highest BCUT2D eigenvalue weighted by molar-refractivity contribution is 5.28. The second-order valence-electron chi connectivity index (χ2n) is 2.62. The van der Waals surface area contributed by atoms with Crippen LogP contribution in [0.3, 0.4) is 0 Å². The van der Waals surface area contributed by atoms with Gasteiger partial charge in [-0.25, -0.2) is 4.99 Å². The molecule has 0 aliphatic carbocycles. The fourth-order valence-corrected chi connectivity index (χ4v) is 1.19. The third-order valence-electron chi connectivity index (χ3n) is 1.88. The fourth-order valence-electron chi connectivity index (χ4n) is 1.19. The highest BCUT2D eigenvalue weighted by Crippen LogP contribution is 2.03. The van der Waals surface area contributed by atoms with E-state index in [1.54, 1.807) is 13.3 Å². The zero-order valence-corrected chi connectivity index (χ0v) is 6.87. The van der Waals surface area contributed by atoms with Crippen molar-refractivity contribution >= 4 is 6.08 Å². The first-order valence-electron chi connectivity index (χ1n) is 3.84. The Hall–Kier alpha value is -1.51. The lowest BCUT2D eigenvalue weighted by molar-refractivity contribution is 0.286. The van der Waals surface area contributed by atoms with Crippen LogP contribution in [0.25, 0.3) is 6.08 Å². The topological polar surface area (TPSA) is 37.4 Å². The zero-order valence-electron chi connectivity index (χ0n) is 6.87. The van der Waals surface area contributed by atoms with Crippen molar-refractivity contribution in [1.82, 2.24) is 4.98 Å². The molecular weight excluding hydrogens is 152 g/mol. The van der Waals surface area contributed by atoms with Gasteiger partial charge in [-0.3, -0.25) is 0 Å². The molecule has 0 spiro atoms. The Labute approximate surface area is 70.1 Å². The van der Waals surface area contributed by atoms with E-state index in [-0.39, 0.29) is 0 Å². The molecule has 2 heterocycles. The molecule has 1 aliphatic rings. The number of methoxy groups -OCH3 is 1. The van der Waals surface area contributed by atoms with Gasteiger partial charge < -0.3 is 9.72 Å². The van der Waals surface area contributed by atoms with Gasteiger partial charge in [0.25, 0.3) is 0 Å². The van der Waals surface area contributed by atoms with E-state index >= 15 is 0 Å². The number of ether oxygens (including phenoxy) is 1. The van der Waals surface area contributed by atoms with Crippen molar-refractivity contribution in [3.63, 3.8) is 0 Å². The van der Waals surface area contributed by atoms with E-state index < -0.39 is 0 Å². The lowest BCUT2D eigenvalue weighted by atomic mass is 10.3. The molecule has 0 aromatic carbocycles. The number of nitrogens with one attached hydrogen (secondary N) is 1. The van der Waals surface area contributed by atoms with Crippen molar-refractivity contribution in [2.24, 2.45) is 4.99 Å². The van der Waals surface area contributed by atoms with Crippen LogP contribution in [0.2, 0.25) is 0 Å². The van der Waals surface area contributed by atoms with Crippen LogP contribution in [0.5, 0.6) is 0 Å². The second-order valence-corrected chi connectivity index (χ2v) is 2.62. The maximum atomic E-state index is 5.09. The number of allylic oxidation sites excluding steroid dienone is 1. The minimum Gasteiger partial charge on any atom is -0.499 e. The van der Waals surface area contributed by atoms with Crippen LogP contribution in [-0.2, 0) is 4.74 Å². The Morgan fingerprint density at radius 1 is 1.58 bits per heavy atom. The standard InChI is InChI=1S/C9H10N2O/c1-12-8-3-2-7-4-5-10-9(7)11-6-8/h2,4-6H,3H2,1H3,(H,10,11). The zero-order chi connectivity index (χ0) is 8.39. The lowest BCUT2D eigenvalue weighted by Gasteiger charge is -1.97. The molecule has 0 atom stereocenters. The number of nitrogens with zero attached hydrogens (tertiary/aromatic N) is 1. The van der Waals surface area contributed by atoms with E-state index in [4.69, 9.17) is 4.74 Å². The van der Waals surface area contributed by atoms with E-state index in [1.807, 2.05) is 12.3 Å². The van der Waals surface area contributed by atoms with Gasteiger partial charge in [-0.1, -0.05) is 6.08 Å². The average Bonchev–Trinajstić information content (AvgIpc) is 2.46. The summed E-state index contributed by atoms with van der Waals surface area (Å²) < 4.78 is 5.09. The van der Waals surface area contributed by atoms with E-state index in [0.717, 1.165) is 22.9 Å². The third kappa shape index (κ3) is 1.13. The number of H-pyrrole nitrogens is 1. The van der Waals surface area contributed by atoms with Gasteiger partial charge in [-0.15, -0.1) is 0 Å². The Kier molecular flexibility index (Phi) is 1.70. The van der Waals surface area contributed by atoms with Gasteiger partial charge in [0.05, 0.1) is 13.3 Å². The SMILES string of the molecule is COC1=CN=c2[nH]ccc2=CC1. The summed E-state index contributed by atoms with van der Waals surface area (Å²) in [5.41, 5.74) is 0.905. The number of hydrogen-bond donors (Lipinski definition) is 1. The Balaban J connectivity index is 2.54. The first-order chi connectivity index (χ1) is 5.90. The molecule has 0 unspecified atom stereocenters. The van der Waals surface area contributed by atoms with E-state index in [0.29, 0.717) is 0 Å². The summed E-state index contributed by atoms with van der Waals surface area (Å²) in [6, 6.07) is 2.01. The molecule has 0 radical (unpaired) electrons. The molecule has 1 aliphatic heterocycles. The minimum atomic E-state index is 0.810. The molecule has 1 N–H and O–H groups in total. The Bertz CT molecular complexity index is 414. The molecule has 2 rings (SSSR count). The van der Waals surface area contributed by atoms with Crippen LogP contribution < -0.4 is 10.7 Å². The summed E-state index contributed by atoms with van der Waals surface area (Å²) in [6.45, 7) is 0. The maximum absolute atomic E-state index is 5.09. The molecule has 12 heavy (non-hydrogen) atoms. The van der Waals surface area contributed by atoms with Crippen molar-refractivity contribution in [2.75, 3.05) is 7.11 Å². The van der Waals surface area contributed by atoms with Gasteiger partial charge in [0.15, 0.2) is 0 Å². The first kappa shape index (κ1) is 7.16. The molecule has 0 fully saturated rings. The average molecular weight is 162 g/mol. The summed E-state index contributed by atoms with van der Waals surface area (Å²) >= 11 is 0. The Morgan fingerprint density at radius 2 is 2.50 bits per heavy atom. The molecule has 3 nitrogen and oxygen atoms in total. The first-order valence-corrected chi connectivity index (χ1v) is 3.84. The maximum Gasteiger partial charge on any atom is 0.137 e. The van der Waals surface area contributed by atoms with Crippen LogP contribution in [0.1, 0.15) is 6.42 Å². The van der Waals surface area contributed by atoms with Gasteiger partial charge in [-0.05, 0) is 6.07 Å². The lowest BCUT2D eigenvalue weighted by Crippen LogP contribution is -2.21. The van der Waals surface area contributed by atoms with Gasteiger partial charge in [-0.2, -0.15) is 0 Å². The summed E-state index contributed by atoms with van der Waals surface area (Å²) in [4.78, 5) is 7.27. The number of aromatic nitrogens is 1. The molecule has 0 amide bonds. The van der Waals surface area contributed by atoms with Crippen LogP contribution in [0.15, 0.2) is 29.2 Å². The van der Waals surface area contributed by atoms with Crippen molar-refractivity contribution in [3.8, 4) is 0 Å². The normalized spacial score (nSPS) is 14.9. The van der Waals surface area contributed by atoms with Gasteiger partial charge in [0, 0.05) is 17.8 Å². The van der Waals surface area contributed by atoms with Crippen molar-refractivity contribution < 1.29 is 4.74 Å². The van der Waals surface area contributed by atoms with E-state index in [9.17, 15) is 0 Å². The minimum absolute atomic E-state index is 0.810.